The second-order valence-corrected chi connectivity index (χ2v) is 8.36. The van der Waals surface area contributed by atoms with Crippen LogP contribution in [0.4, 0.5) is 5.69 Å². The van der Waals surface area contributed by atoms with E-state index in [4.69, 9.17) is 0 Å². The van der Waals surface area contributed by atoms with Gasteiger partial charge in [-0.15, -0.1) is 0 Å². The molecule has 0 bridgehead atoms. The van der Waals surface area contributed by atoms with Crippen LogP contribution in [-0.4, -0.2) is 24.3 Å². The zero-order valence-electron chi connectivity index (χ0n) is 15.1. The summed E-state index contributed by atoms with van der Waals surface area (Å²) in [6.45, 7) is 1.81. The molecule has 27 heavy (non-hydrogen) atoms. The minimum atomic E-state index is -3.49. The van der Waals surface area contributed by atoms with E-state index in [9.17, 15) is 13.5 Å². The molecule has 0 aliphatic rings. The summed E-state index contributed by atoms with van der Waals surface area (Å²) < 4.78 is 26.8. The van der Waals surface area contributed by atoms with Crippen LogP contribution in [0.25, 0.3) is 0 Å². The first-order valence-electron chi connectivity index (χ1n) is 8.73. The molecule has 1 N–H and O–H groups in total. The van der Waals surface area contributed by atoms with E-state index in [-0.39, 0.29) is 12.3 Å². The Morgan fingerprint density at radius 3 is 2.41 bits per heavy atom. The van der Waals surface area contributed by atoms with Crippen LogP contribution >= 0.6 is 0 Å². The van der Waals surface area contributed by atoms with Gasteiger partial charge in [0.05, 0.1) is 18.0 Å². The first kappa shape index (κ1) is 19.1. The van der Waals surface area contributed by atoms with Crippen LogP contribution in [0.5, 0.6) is 0 Å². The third-order valence-corrected chi connectivity index (χ3v) is 6.08. The van der Waals surface area contributed by atoms with Crippen molar-refractivity contribution >= 4 is 15.7 Å². The molecule has 0 spiro atoms. The lowest BCUT2D eigenvalue weighted by molar-refractivity contribution is 0.220. The van der Waals surface area contributed by atoms with E-state index in [2.05, 4.69) is 4.98 Å². The molecule has 5 nitrogen and oxygen atoms in total. The maximum absolute atomic E-state index is 12.7. The Morgan fingerprint density at radius 2 is 1.74 bits per heavy atom. The number of hydrogen-bond acceptors (Lipinski definition) is 4. The van der Waals surface area contributed by atoms with Gasteiger partial charge >= 0.3 is 0 Å². The normalized spacial score (nSPS) is 12.5. The van der Waals surface area contributed by atoms with Crippen molar-refractivity contribution in [2.75, 3.05) is 10.1 Å². The quantitative estimate of drug-likeness (QED) is 0.679. The topological polar surface area (TPSA) is 70.5 Å². The van der Waals surface area contributed by atoms with Gasteiger partial charge in [0.1, 0.15) is 6.10 Å². The second kappa shape index (κ2) is 8.33. The molecule has 0 radical (unpaired) electrons. The largest absolute Gasteiger partial charge is 0.384 e. The summed E-state index contributed by atoms with van der Waals surface area (Å²) in [4.78, 5) is 4.06. The first-order chi connectivity index (χ1) is 13.0. The summed E-state index contributed by atoms with van der Waals surface area (Å²) in [7, 11) is -3.49. The van der Waals surface area contributed by atoms with Crippen LogP contribution in [0, 0.1) is 0 Å². The van der Waals surface area contributed by atoms with E-state index in [0.717, 1.165) is 11.1 Å². The summed E-state index contributed by atoms with van der Waals surface area (Å²) in [5.41, 5.74) is 2.71. The summed E-state index contributed by atoms with van der Waals surface area (Å²) >= 11 is 0. The van der Waals surface area contributed by atoms with Gasteiger partial charge < -0.3 is 5.11 Å². The lowest BCUT2D eigenvalue weighted by Crippen LogP contribution is -2.32. The van der Waals surface area contributed by atoms with Gasteiger partial charge in [0.25, 0.3) is 0 Å². The minimum absolute atomic E-state index is 0.0152. The molecular formula is C21H22N2O3S. The maximum Gasteiger partial charge on any atom is 0.235 e. The predicted octanol–water partition coefficient (Wildman–Crippen LogP) is 3.52. The number of rotatable bonds is 7. The van der Waals surface area contributed by atoms with Crippen LogP contribution in [-0.2, 0) is 16.6 Å². The maximum atomic E-state index is 12.7. The molecule has 0 aliphatic carbocycles. The molecule has 0 amide bonds. The van der Waals surface area contributed by atoms with Gasteiger partial charge in [-0.05, 0) is 41.8 Å². The highest BCUT2D eigenvalue weighted by molar-refractivity contribution is 7.92. The Labute approximate surface area is 160 Å². The molecule has 1 heterocycles. The van der Waals surface area contributed by atoms with Gasteiger partial charge in [0.2, 0.25) is 10.0 Å². The molecule has 1 atom stereocenters. The smallest absolute Gasteiger partial charge is 0.235 e. The zero-order chi connectivity index (χ0) is 19.3. The number of aliphatic hydroxyl groups is 1. The average Bonchev–Trinajstić information content (AvgIpc) is 2.73. The SMILES string of the molecule is CCS(=O)(=O)N(Cc1cccnc1)c1cccc(C(O)c2ccccc2)c1. The fourth-order valence-electron chi connectivity index (χ4n) is 2.84. The van der Waals surface area contributed by atoms with Crippen molar-refractivity contribution in [3.05, 3.63) is 95.8 Å². The molecule has 0 saturated heterocycles. The summed E-state index contributed by atoms with van der Waals surface area (Å²) in [6, 6.07) is 19.9. The van der Waals surface area contributed by atoms with E-state index in [1.807, 2.05) is 36.4 Å². The van der Waals surface area contributed by atoms with Gasteiger partial charge in [-0.25, -0.2) is 8.42 Å². The third kappa shape index (κ3) is 4.53. The highest BCUT2D eigenvalue weighted by Gasteiger charge is 2.22. The number of hydrogen-bond donors (Lipinski definition) is 1. The van der Waals surface area contributed by atoms with Gasteiger partial charge in [-0.2, -0.15) is 0 Å². The molecule has 1 aromatic heterocycles. The van der Waals surface area contributed by atoms with Gasteiger partial charge in [-0.3, -0.25) is 9.29 Å². The van der Waals surface area contributed by atoms with E-state index < -0.39 is 16.1 Å². The van der Waals surface area contributed by atoms with Crippen molar-refractivity contribution in [2.45, 2.75) is 19.6 Å². The number of aromatic nitrogens is 1. The number of sulfonamides is 1. The van der Waals surface area contributed by atoms with E-state index in [1.165, 1.54) is 4.31 Å². The highest BCUT2D eigenvalue weighted by atomic mass is 32.2. The van der Waals surface area contributed by atoms with Crippen LogP contribution in [0.1, 0.15) is 29.7 Å². The monoisotopic (exact) mass is 382 g/mol. The van der Waals surface area contributed by atoms with Crippen molar-refractivity contribution in [1.82, 2.24) is 4.98 Å². The van der Waals surface area contributed by atoms with Crippen LogP contribution in [0.2, 0.25) is 0 Å². The second-order valence-electron chi connectivity index (χ2n) is 6.18. The molecule has 6 heteroatoms. The number of pyridine rings is 1. The molecule has 0 saturated carbocycles. The lowest BCUT2D eigenvalue weighted by Gasteiger charge is -2.25. The molecule has 1 unspecified atom stereocenters. The van der Waals surface area contributed by atoms with E-state index in [1.54, 1.807) is 49.6 Å². The van der Waals surface area contributed by atoms with E-state index in [0.29, 0.717) is 11.3 Å². The zero-order valence-corrected chi connectivity index (χ0v) is 15.9. The Morgan fingerprint density at radius 1 is 1.00 bits per heavy atom. The van der Waals surface area contributed by atoms with Crippen molar-refractivity contribution in [3.63, 3.8) is 0 Å². The Bertz CT molecular complexity index is 977. The lowest BCUT2D eigenvalue weighted by atomic mass is 10.0. The third-order valence-electron chi connectivity index (χ3n) is 4.34. The number of aliphatic hydroxyl groups excluding tert-OH is 1. The van der Waals surface area contributed by atoms with Gasteiger partial charge in [0, 0.05) is 12.4 Å². The summed E-state index contributed by atoms with van der Waals surface area (Å²) in [6.07, 6.45) is 2.48. The Balaban J connectivity index is 1.98. The van der Waals surface area contributed by atoms with Crippen molar-refractivity contribution in [2.24, 2.45) is 0 Å². The summed E-state index contributed by atoms with van der Waals surface area (Å²) in [5.74, 6) is -0.0152. The van der Waals surface area contributed by atoms with Crippen molar-refractivity contribution < 1.29 is 13.5 Å². The summed E-state index contributed by atoms with van der Waals surface area (Å²) in [5, 5.41) is 10.7. The standard InChI is InChI=1S/C21H22N2O3S/c1-2-27(25,26)23(16-17-8-7-13-22-15-17)20-12-6-11-19(14-20)21(24)18-9-4-3-5-10-18/h3-15,21,24H,2,16H2,1H3. The molecule has 140 valence electrons. The fourth-order valence-corrected chi connectivity index (χ4v) is 3.93. The minimum Gasteiger partial charge on any atom is -0.384 e. The predicted molar refractivity (Wildman–Crippen MR) is 107 cm³/mol. The average molecular weight is 382 g/mol. The number of benzene rings is 2. The van der Waals surface area contributed by atoms with Crippen LogP contribution in [0.15, 0.2) is 79.1 Å². The van der Waals surface area contributed by atoms with Crippen LogP contribution < -0.4 is 4.31 Å². The van der Waals surface area contributed by atoms with Crippen molar-refractivity contribution in [1.29, 1.82) is 0 Å². The molecule has 3 rings (SSSR count). The molecular weight excluding hydrogens is 360 g/mol. The Hall–Kier alpha value is -2.70. The molecule has 2 aromatic carbocycles. The highest BCUT2D eigenvalue weighted by Crippen LogP contribution is 2.28. The van der Waals surface area contributed by atoms with Gasteiger partial charge in [0.15, 0.2) is 0 Å². The molecule has 0 aliphatic heterocycles. The molecule has 0 fully saturated rings. The first-order valence-corrected chi connectivity index (χ1v) is 10.3. The number of nitrogens with zero attached hydrogens (tertiary/aromatic N) is 2. The van der Waals surface area contributed by atoms with Crippen molar-refractivity contribution in [3.8, 4) is 0 Å². The fraction of sp³-hybridized carbons (Fsp3) is 0.190. The van der Waals surface area contributed by atoms with E-state index >= 15 is 0 Å². The van der Waals surface area contributed by atoms with Gasteiger partial charge in [-0.1, -0.05) is 48.5 Å². The molecule has 3 aromatic rings. The van der Waals surface area contributed by atoms with Crippen LogP contribution in [0.3, 0.4) is 0 Å². The number of anilines is 1. The Kier molecular flexibility index (Phi) is 5.88.